The average Bonchev–Trinajstić information content (AvgIpc) is 3.11. The third-order valence-corrected chi connectivity index (χ3v) is 4.09. The first kappa shape index (κ1) is 12.4. The van der Waals surface area contributed by atoms with Gasteiger partial charge >= 0.3 is 0 Å². The van der Waals surface area contributed by atoms with Gasteiger partial charge in [0, 0.05) is 19.0 Å². The van der Waals surface area contributed by atoms with E-state index < -0.39 is 0 Å². The van der Waals surface area contributed by atoms with Crippen LogP contribution in [0.2, 0.25) is 0 Å². The summed E-state index contributed by atoms with van der Waals surface area (Å²) in [6, 6.07) is 8.56. The molecule has 1 aromatic heterocycles. The number of anilines is 1. The van der Waals surface area contributed by atoms with Crippen LogP contribution < -0.4 is 10.6 Å². The van der Waals surface area contributed by atoms with E-state index in [1.54, 1.807) is 11.3 Å². The molecule has 1 heterocycles. The minimum absolute atomic E-state index is 0.175. The molecule has 1 aromatic carbocycles. The van der Waals surface area contributed by atoms with Gasteiger partial charge in [-0.25, -0.2) is 4.98 Å². The molecule has 1 amide bonds. The van der Waals surface area contributed by atoms with Crippen molar-refractivity contribution in [1.29, 1.82) is 0 Å². The molecule has 2 N–H and O–H groups in total. The Labute approximate surface area is 116 Å². The molecule has 5 heteroatoms. The Morgan fingerprint density at radius 2 is 2.21 bits per heavy atom. The molecule has 1 saturated carbocycles. The van der Waals surface area contributed by atoms with Crippen LogP contribution in [0.1, 0.15) is 25.7 Å². The maximum absolute atomic E-state index is 11.5. The van der Waals surface area contributed by atoms with E-state index in [4.69, 9.17) is 0 Å². The van der Waals surface area contributed by atoms with Crippen LogP contribution in [0.4, 0.5) is 5.13 Å². The van der Waals surface area contributed by atoms with Crippen molar-refractivity contribution >= 4 is 32.6 Å². The highest BCUT2D eigenvalue weighted by Crippen LogP contribution is 2.25. The van der Waals surface area contributed by atoms with E-state index in [9.17, 15) is 4.79 Å². The lowest BCUT2D eigenvalue weighted by Crippen LogP contribution is -2.25. The van der Waals surface area contributed by atoms with Gasteiger partial charge in [-0.1, -0.05) is 23.5 Å². The third-order valence-electron chi connectivity index (χ3n) is 3.09. The summed E-state index contributed by atoms with van der Waals surface area (Å²) in [6.07, 6.45) is 3.73. The minimum Gasteiger partial charge on any atom is -0.361 e. The van der Waals surface area contributed by atoms with Gasteiger partial charge in [-0.2, -0.15) is 0 Å². The first-order chi connectivity index (χ1) is 9.31. The van der Waals surface area contributed by atoms with Crippen molar-refractivity contribution in [3.8, 4) is 0 Å². The van der Waals surface area contributed by atoms with Crippen molar-refractivity contribution < 1.29 is 4.79 Å². The van der Waals surface area contributed by atoms with Gasteiger partial charge in [-0.05, 0) is 31.4 Å². The Balaban J connectivity index is 1.42. The van der Waals surface area contributed by atoms with Gasteiger partial charge in [0.2, 0.25) is 5.91 Å². The highest BCUT2D eigenvalue weighted by Gasteiger charge is 2.22. The van der Waals surface area contributed by atoms with Crippen LogP contribution in [0.3, 0.4) is 0 Å². The van der Waals surface area contributed by atoms with Gasteiger partial charge in [0.05, 0.1) is 10.2 Å². The van der Waals surface area contributed by atoms with Crippen molar-refractivity contribution in [3.05, 3.63) is 24.3 Å². The lowest BCUT2D eigenvalue weighted by atomic mass is 10.3. The van der Waals surface area contributed by atoms with Gasteiger partial charge in [-0.3, -0.25) is 4.79 Å². The molecule has 0 spiro atoms. The van der Waals surface area contributed by atoms with Crippen molar-refractivity contribution in [2.45, 2.75) is 31.7 Å². The topological polar surface area (TPSA) is 54.0 Å². The lowest BCUT2D eigenvalue weighted by molar-refractivity contribution is -0.121. The summed E-state index contributed by atoms with van der Waals surface area (Å²) in [7, 11) is 0. The van der Waals surface area contributed by atoms with Crippen molar-refractivity contribution in [2.75, 3.05) is 11.9 Å². The van der Waals surface area contributed by atoms with Crippen molar-refractivity contribution in [3.63, 3.8) is 0 Å². The van der Waals surface area contributed by atoms with Crippen LogP contribution in [-0.2, 0) is 4.79 Å². The van der Waals surface area contributed by atoms with E-state index in [1.165, 1.54) is 4.70 Å². The molecule has 19 heavy (non-hydrogen) atoms. The van der Waals surface area contributed by atoms with E-state index in [2.05, 4.69) is 21.7 Å². The molecule has 2 aromatic rings. The zero-order chi connectivity index (χ0) is 13.1. The van der Waals surface area contributed by atoms with E-state index >= 15 is 0 Å². The molecule has 0 atom stereocenters. The Morgan fingerprint density at radius 3 is 3.00 bits per heavy atom. The van der Waals surface area contributed by atoms with Crippen LogP contribution in [0.5, 0.6) is 0 Å². The first-order valence-corrected chi connectivity index (χ1v) is 7.52. The number of aromatic nitrogens is 1. The molecule has 1 aliphatic carbocycles. The standard InChI is InChI=1S/C14H17N3OS/c18-13(16-10-7-8-10)6-3-9-15-14-17-11-4-1-2-5-12(11)19-14/h1-2,4-5,10H,3,6-9H2,(H,15,17)(H,16,18). The minimum atomic E-state index is 0.175. The summed E-state index contributed by atoms with van der Waals surface area (Å²) in [4.78, 5) is 16.0. The van der Waals surface area contributed by atoms with Crippen LogP contribution in [0.15, 0.2) is 24.3 Å². The normalized spacial score (nSPS) is 14.5. The second-order valence-electron chi connectivity index (χ2n) is 4.86. The fourth-order valence-electron chi connectivity index (χ4n) is 1.92. The van der Waals surface area contributed by atoms with Crippen molar-refractivity contribution in [1.82, 2.24) is 10.3 Å². The summed E-state index contributed by atoms with van der Waals surface area (Å²) in [5.41, 5.74) is 1.03. The second kappa shape index (κ2) is 5.57. The number of hydrogen-bond donors (Lipinski definition) is 2. The fourth-order valence-corrected chi connectivity index (χ4v) is 2.81. The summed E-state index contributed by atoms with van der Waals surface area (Å²) >= 11 is 1.65. The Morgan fingerprint density at radius 1 is 1.37 bits per heavy atom. The van der Waals surface area contributed by atoms with Crippen LogP contribution in [0, 0.1) is 0 Å². The van der Waals surface area contributed by atoms with Crippen molar-refractivity contribution in [2.24, 2.45) is 0 Å². The zero-order valence-corrected chi connectivity index (χ0v) is 11.5. The maximum Gasteiger partial charge on any atom is 0.220 e. The zero-order valence-electron chi connectivity index (χ0n) is 10.7. The SMILES string of the molecule is O=C(CCCNc1nc2ccccc2s1)NC1CC1. The van der Waals surface area contributed by atoms with E-state index in [1.807, 2.05) is 18.2 Å². The van der Waals surface area contributed by atoms with Gasteiger partial charge in [0.1, 0.15) is 0 Å². The Bertz CT molecular complexity index is 544. The molecule has 1 aliphatic rings. The number of carbonyl (C=O) groups excluding carboxylic acids is 1. The van der Waals surface area contributed by atoms with Crippen LogP contribution >= 0.6 is 11.3 Å². The molecular weight excluding hydrogens is 258 g/mol. The van der Waals surface area contributed by atoms with E-state index in [-0.39, 0.29) is 5.91 Å². The second-order valence-corrected chi connectivity index (χ2v) is 5.89. The molecule has 0 unspecified atom stereocenters. The molecule has 1 fully saturated rings. The van der Waals surface area contributed by atoms with E-state index in [0.29, 0.717) is 12.5 Å². The van der Waals surface area contributed by atoms with E-state index in [0.717, 1.165) is 36.5 Å². The molecule has 0 bridgehead atoms. The smallest absolute Gasteiger partial charge is 0.220 e. The monoisotopic (exact) mass is 275 g/mol. The third kappa shape index (κ3) is 3.44. The lowest BCUT2D eigenvalue weighted by Gasteiger charge is -2.03. The number of benzene rings is 1. The molecule has 4 nitrogen and oxygen atoms in total. The van der Waals surface area contributed by atoms with Gasteiger partial charge in [0.15, 0.2) is 5.13 Å². The Hall–Kier alpha value is -1.62. The number of nitrogens with zero attached hydrogens (tertiary/aromatic N) is 1. The molecular formula is C14H17N3OS. The fraction of sp³-hybridized carbons (Fsp3) is 0.429. The number of hydrogen-bond acceptors (Lipinski definition) is 4. The number of carbonyl (C=O) groups is 1. The average molecular weight is 275 g/mol. The van der Waals surface area contributed by atoms with Gasteiger partial charge < -0.3 is 10.6 Å². The highest BCUT2D eigenvalue weighted by molar-refractivity contribution is 7.22. The predicted molar refractivity (Wildman–Crippen MR) is 78.5 cm³/mol. The van der Waals surface area contributed by atoms with Gasteiger partial charge in [-0.15, -0.1) is 0 Å². The number of para-hydroxylation sites is 1. The summed E-state index contributed by atoms with van der Waals surface area (Å²) < 4.78 is 1.19. The number of amides is 1. The van der Waals surface area contributed by atoms with Crippen LogP contribution in [-0.4, -0.2) is 23.5 Å². The summed E-state index contributed by atoms with van der Waals surface area (Å²) in [5, 5.41) is 7.21. The Kier molecular flexibility index (Phi) is 3.64. The molecule has 0 radical (unpaired) electrons. The molecule has 0 aliphatic heterocycles. The molecule has 0 saturated heterocycles. The summed E-state index contributed by atoms with van der Waals surface area (Å²) in [6.45, 7) is 0.790. The van der Waals surface area contributed by atoms with Gasteiger partial charge in [0.25, 0.3) is 0 Å². The van der Waals surface area contributed by atoms with Crippen LogP contribution in [0.25, 0.3) is 10.2 Å². The first-order valence-electron chi connectivity index (χ1n) is 6.70. The number of nitrogens with one attached hydrogen (secondary N) is 2. The summed E-state index contributed by atoms with van der Waals surface area (Å²) in [5.74, 6) is 0.175. The molecule has 100 valence electrons. The highest BCUT2D eigenvalue weighted by atomic mass is 32.1. The number of rotatable bonds is 6. The predicted octanol–water partition coefficient (Wildman–Crippen LogP) is 2.77. The quantitative estimate of drug-likeness (QED) is 0.797. The molecule has 3 rings (SSSR count). The number of thiazole rings is 1. The maximum atomic E-state index is 11.5. The number of fused-ring (bicyclic) bond motifs is 1. The largest absolute Gasteiger partial charge is 0.361 e.